The van der Waals surface area contributed by atoms with Gasteiger partial charge in [0.1, 0.15) is 12.2 Å². The first-order valence-corrected chi connectivity index (χ1v) is 18.0. The second-order valence-electron chi connectivity index (χ2n) is 12.2. The van der Waals surface area contributed by atoms with Crippen molar-refractivity contribution in [2.75, 3.05) is 6.61 Å². The summed E-state index contributed by atoms with van der Waals surface area (Å²) in [6, 6.07) is -1.01. The number of hydrogen-bond donors (Lipinski definition) is 5. The van der Waals surface area contributed by atoms with Crippen molar-refractivity contribution < 1.29 is 25.2 Å². The first kappa shape index (κ1) is 42.3. The van der Waals surface area contributed by atoms with Gasteiger partial charge in [-0.15, -0.1) is 0 Å². The number of amides is 1. The summed E-state index contributed by atoms with van der Waals surface area (Å²) in [7, 11) is 0. The van der Waals surface area contributed by atoms with E-state index in [0.717, 1.165) is 64.2 Å². The largest absolute Gasteiger partial charge is 0.394 e. The zero-order chi connectivity index (χ0) is 32.5. The number of rotatable bonds is 31. The van der Waals surface area contributed by atoms with Gasteiger partial charge in [0.25, 0.3) is 0 Å². The molecule has 0 radical (unpaired) electrons. The quantitative estimate of drug-likeness (QED) is 0.0395. The van der Waals surface area contributed by atoms with Crippen molar-refractivity contribution in [3.05, 3.63) is 48.6 Å². The van der Waals surface area contributed by atoms with Gasteiger partial charge in [-0.3, -0.25) is 4.79 Å². The first-order valence-electron chi connectivity index (χ1n) is 18.0. The zero-order valence-corrected chi connectivity index (χ0v) is 28.4. The fourth-order valence-electron chi connectivity index (χ4n) is 5.03. The van der Waals surface area contributed by atoms with Crippen LogP contribution in [-0.2, 0) is 4.79 Å². The molecule has 1 amide bonds. The Balaban J connectivity index is 3.93. The molecule has 256 valence electrons. The molecule has 4 unspecified atom stereocenters. The molecule has 44 heavy (non-hydrogen) atoms. The van der Waals surface area contributed by atoms with E-state index in [-0.39, 0.29) is 0 Å². The topological polar surface area (TPSA) is 110 Å². The predicted molar refractivity (Wildman–Crippen MR) is 187 cm³/mol. The van der Waals surface area contributed by atoms with Crippen molar-refractivity contribution in [1.82, 2.24) is 5.32 Å². The highest BCUT2D eigenvalue weighted by Crippen LogP contribution is 2.13. The van der Waals surface area contributed by atoms with Gasteiger partial charge < -0.3 is 25.7 Å². The molecule has 0 heterocycles. The monoisotopic (exact) mass is 620 g/mol. The van der Waals surface area contributed by atoms with E-state index in [2.05, 4.69) is 67.8 Å². The molecule has 0 saturated carbocycles. The summed E-state index contributed by atoms with van der Waals surface area (Å²) in [4.78, 5) is 12.4. The number of carbonyl (C=O) groups excluding carboxylic acids is 1. The predicted octanol–water partition coefficient (Wildman–Crippen LogP) is 8.39. The molecule has 0 saturated heterocycles. The van der Waals surface area contributed by atoms with E-state index in [1.807, 2.05) is 0 Å². The van der Waals surface area contributed by atoms with E-state index in [1.165, 1.54) is 57.8 Å². The van der Waals surface area contributed by atoms with Crippen LogP contribution in [0.4, 0.5) is 0 Å². The van der Waals surface area contributed by atoms with Crippen molar-refractivity contribution in [1.29, 1.82) is 0 Å². The van der Waals surface area contributed by atoms with Gasteiger partial charge in [0.15, 0.2) is 0 Å². The zero-order valence-electron chi connectivity index (χ0n) is 28.4. The Morgan fingerprint density at radius 3 is 1.57 bits per heavy atom. The van der Waals surface area contributed by atoms with Crippen LogP contribution in [0, 0.1) is 0 Å². The molecule has 4 atom stereocenters. The van der Waals surface area contributed by atoms with Gasteiger partial charge >= 0.3 is 0 Å². The fraction of sp³-hybridized carbons (Fsp3) is 0.763. The number of hydrogen-bond acceptors (Lipinski definition) is 5. The standard InChI is InChI=1S/C38H69NO5/c1-3-5-7-9-11-13-15-17-18-19-20-22-24-26-28-30-32-36(42)38(44)39-34(33-40)37(43)35(41)31-29-27-25-23-21-16-14-12-10-8-6-4-2/h11-14,17-18,23,25,34-37,40-43H,3-10,15-16,19-22,24,26-33H2,1-2H3,(H,39,44)/b13-11-,14-12+,18-17-,25-23+. The van der Waals surface area contributed by atoms with Crippen LogP contribution in [0.3, 0.4) is 0 Å². The first-order chi connectivity index (χ1) is 21.5. The highest BCUT2D eigenvalue weighted by molar-refractivity contribution is 5.80. The molecule has 0 aliphatic rings. The maximum Gasteiger partial charge on any atom is 0.249 e. The molecular weight excluding hydrogens is 550 g/mol. The Hall–Kier alpha value is -1.73. The third-order valence-corrected chi connectivity index (χ3v) is 7.99. The van der Waals surface area contributed by atoms with Crippen LogP contribution in [-0.4, -0.2) is 57.3 Å². The molecule has 6 nitrogen and oxygen atoms in total. The minimum Gasteiger partial charge on any atom is -0.394 e. The number of aliphatic hydroxyl groups excluding tert-OH is 4. The third kappa shape index (κ3) is 26.7. The Kier molecular flexibility index (Phi) is 31.4. The van der Waals surface area contributed by atoms with Crippen molar-refractivity contribution in [3.8, 4) is 0 Å². The minimum atomic E-state index is -1.29. The molecule has 0 aromatic carbocycles. The van der Waals surface area contributed by atoms with Crippen molar-refractivity contribution >= 4 is 5.91 Å². The van der Waals surface area contributed by atoms with Gasteiger partial charge in [-0.05, 0) is 83.5 Å². The van der Waals surface area contributed by atoms with Crippen molar-refractivity contribution in [2.24, 2.45) is 0 Å². The Morgan fingerprint density at radius 2 is 1.02 bits per heavy atom. The lowest BCUT2D eigenvalue weighted by molar-refractivity contribution is -0.132. The highest BCUT2D eigenvalue weighted by Gasteiger charge is 2.28. The lowest BCUT2D eigenvalue weighted by Gasteiger charge is -2.27. The van der Waals surface area contributed by atoms with E-state index in [0.29, 0.717) is 19.3 Å². The van der Waals surface area contributed by atoms with E-state index >= 15 is 0 Å². The van der Waals surface area contributed by atoms with Crippen LogP contribution in [0.25, 0.3) is 0 Å². The molecule has 5 N–H and O–H groups in total. The summed E-state index contributed by atoms with van der Waals surface area (Å²) >= 11 is 0. The summed E-state index contributed by atoms with van der Waals surface area (Å²) in [6.45, 7) is 3.94. The summed E-state index contributed by atoms with van der Waals surface area (Å²) < 4.78 is 0. The number of allylic oxidation sites excluding steroid dienone is 8. The van der Waals surface area contributed by atoms with Gasteiger partial charge in [-0.25, -0.2) is 0 Å². The number of unbranched alkanes of at least 4 members (excludes halogenated alkanes) is 14. The SMILES string of the molecule is CCCCC/C=C\C/C=C\CCCCCCCCC(O)C(=O)NC(CO)C(O)C(O)CCC/C=C/CC/C=C/CCCCC. The average molecular weight is 620 g/mol. The van der Waals surface area contributed by atoms with E-state index < -0.39 is 36.9 Å². The normalized spacial score (nSPS) is 15.1. The van der Waals surface area contributed by atoms with Gasteiger partial charge in [-0.1, -0.05) is 120 Å². The second-order valence-corrected chi connectivity index (χ2v) is 12.2. The molecule has 0 aromatic rings. The molecule has 0 fully saturated rings. The Bertz CT molecular complexity index is 748. The minimum absolute atomic E-state index is 0.346. The van der Waals surface area contributed by atoms with Crippen LogP contribution < -0.4 is 5.32 Å². The van der Waals surface area contributed by atoms with Crippen LogP contribution in [0.2, 0.25) is 0 Å². The summed E-state index contributed by atoms with van der Waals surface area (Å²) in [6.07, 6.45) is 37.0. The number of nitrogens with one attached hydrogen (secondary N) is 1. The van der Waals surface area contributed by atoms with Crippen LogP contribution in [0.15, 0.2) is 48.6 Å². The van der Waals surface area contributed by atoms with Gasteiger partial charge in [0, 0.05) is 0 Å². The Labute approximate surface area is 270 Å². The molecule has 0 aromatic heterocycles. The fourth-order valence-corrected chi connectivity index (χ4v) is 5.03. The van der Waals surface area contributed by atoms with E-state index in [1.54, 1.807) is 0 Å². The Morgan fingerprint density at radius 1 is 0.568 bits per heavy atom. The smallest absolute Gasteiger partial charge is 0.249 e. The molecule has 0 spiro atoms. The van der Waals surface area contributed by atoms with Crippen molar-refractivity contribution in [2.45, 2.75) is 179 Å². The van der Waals surface area contributed by atoms with Crippen LogP contribution in [0.5, 0.6) is 0 Å². The second kappa shape index (κ2) is 32.7. The van der Waals surface area contributed by atoms with Crippen LogP contribution >= 0.6 is 0 Å². The maximum absolute atomic E-state index is 12.4. The van der Waals surface area contributed by atoms with Crippen LogP contribution in [0.1, 0.15) is 155 Å². The molecule has 0 aliphatic carbocycles. The van der Waals surface area contributed by atoms with Gasteiger partial charge in [-0.2, -0.15) is 0 Å². The molecule has 6 heteroatoms. The summed E-state index contributed by atoms with van der Waals surface area (Å²) in [5, 5.41) is 43.3. The molecule has 0 rings (SSSR count). The molecular formula is C38H69NO5. The van der Waals surface area contributed by atoms with Gasteiger partial charge in [0.05, 0.1) is 18.8 Å². The average Bonchev–Trinajstić information content (AvgIpc) is 3.03. The van der Waals surface area contributed by atoms with E-state index in [4.69, 9.17) is 0 Å². The summed E-state index contributed by atoms with van der Waals surface area (Å²) in [5.41, 5.74) is 0. The third-order valence-electron chi connectivity index (χ3n) is 7.99. The highest BCUT2D eigenvalue weighted by atomic mass is 16.3. The molecule has 0 bridgehead atoms. The van der Waals surface area contributed by atoms with Crippen molar-refractivity contribution in [3.63, 3.8) is 0 Å². The summed E-state index contributed by atoms with van der Waals surface area (Å²) in [5.74, 6) is -0.611. The maximum atomic E-state index is 12.4. The lowest BCUT2D eigenvalue weighted by Crippen LogP contribution is -2.53. The van der Waals surface area contributed by atoms with E-state index in [9.17, 15) is 25.2 Å². The van der Waals surface area contributed by atoms with Gasteiger partial charge in [0.2, 0.25) is 5.91 Å². The number of aliphatic hydroxyl groups is 4. The number of carbonyl (C=O) groups is 1. The molecule has 0 aliphatic heterocycles. The lowest BCUT2D eigenvalue weighted by atomic mass is 10.00.